The first-order valence-electron chi connectivity index (χ1n) is 7.08. The normalized spacial score (nSPS) is 28.6. The second kappa shape index (κ2) is 6.30. The molecule has 2 rings (SSSR count). The van der Waals surface area contributed by atoms with Crippen LogP contribution in [0.25, 0.3) is 0 Å². The van der Waals surface area contributed by atoms with E-state index in [0.29, 0.717) is 32.5 Å². The van der Waals surface area contributed by atoms with Crippen molar-refractivity contribution < 1.29 is 22.7 Å². The summed E-state index contributed by atoms with van der Waals surface area (Å²) >= 11 is 0. The Hall–Kier alpha value is -0.820. The topological polar surface area (TPSA) is 41.6 Å². The molecule has 0 saturated carbocycles. The number of carbonyl (C=O) groups is 1. The lowest BCUT2D eigenvalue weighted by molar-refractivity contribution is -0.173. The van der Waals surface area contributed by atoms with Gasteiger partial charge >= 0.3 is 6.18 Å². The summed E-state index contributed by atoms with van der Waals surface area (Å²) < 4.78 is 43.6. The molecule has 0 aromatic rings. The number of rotatable bonds is 3. The van der Waals surface area contributed by atoms with Gasteiger partial charge in [-0.15, -0.1) is 0 Å². The average molecular weight is 294 g/mol. The highest BCUT2D eigenvalue weighted by atomic mass is 19.4. The lowest BCUT2D eigenvalue weighted by atomic mass is 9.99. The van der Waals surface area contributed by atoms with Gasteiger partial charge in [-0.2, -0.15) is 13.2 Å². The summed E-state index contributed by atoms with van der Waals surface area (Å²) in [6.07, 6.45) is -3.25. The molecule has 7 heteroatoms. The maximum Gasteiger partial charge on any atom is 0.406 e. The zero-order valence-electron chi connectivity index (χ0n) is 11.6. The molecule has 2 saturated heterocycles. The van der Waals surface area contributed by atoms with Crippen LogP contribution in [-0.4, -0.2) is 55.4 Å². The fraction of sp³-hybridized carbons (Fsp3) is 0.923. The minimum absolute atomic E-state index is 0.0139. The van der Waals surface area contributed by atoms with Crippen molar-refractivity contribution in [2.75, 3.05) is 26.2 Å². The van der Waals surface area contributed by atoms with Crippen LogP contribution in [-0.2, 0) is 9.53 Å². The third kappa shape index (κ3) is 3.85. The highest BCUT2D eigenvalue weighted by molar-refractivity contribution is 5.82. The van der Waals surface area contributed by atoms with E-state index in [4.69, 9.17) is 4.74 Å². The predicted octanol–water partition coefficient (Wildman–Crippen LogP) is 1.55. The van der Waals surface area contributed by atoms with Crippen molar-refractivity contribution in [1.82, 2.24) is 10.2 Å². The Labute approximate surface area is 116 Å². The molecule has 2 fully saturated rings. The van der Waals surface area contributed by atoms with E-state index in [1.165, 1.54) is 0 Å². The van der Waals surface area contributed by atoms with E-state index in [-0.39, 0.29) is 12.0 Å². The fourth-order valence-electron chi connectivity index (χ4n) is 2.87. The monoisotopic (exact) mass is 294 g/mol. The lowest BCUT2D eigenvalue weighted by Gasteiger charge is -2.37. The van der Waals surface area contributed by atoms with Gasteiger partial charge in [0.15, 0.2) is 0 Å². The van der Waals surface area contributed by atoms with Crippen molar-refractivity contribution in [3.8, 4) is 0 Å². The number of nitrogens with one attached hydrogen (secondary N) is 1. The molecule has 20 heavy (non-hydrogen) atoms. The Morgan fingerprint density at radius 2 is 1.95 bits per heavy atom. The Kier molecular flexibility index (Phi) is 4.90. The van der Waals surface area contributed by atoms with Crippen LogP contribution < -0.4 is 5.32 Å². The second-order valence-corrected chi connectivity index (χ2v) is 5.62. The summed E-state index contributed by atoms with van der Waals surface area (Å²) in [7, 11) is 0. The summed E-state index contributed by atoms with van der Waals surface area (Å²) in [5.74, 6) is -0.515. The minimum Gasteiger partial charge on any atom is -0.368 e. The van der Waals surface area contributed by atoms with Crippen LogP contribution in [0.2, 0.25) is 0 Å². The standard InChI is InChI=1S/C13H21F3N2O2/c1-9-4-7-20-11(9)12(19)18(8-13(14,15)16)10-2-5-17-6-3-10/h9-11,17H,2-8H2,1H3. The van der Waals surface area contributed by atoms with Gasteiger partial charge in [0.25, 0.3) is 5.91 Å². The predicted molar refractivity (Wildman–Crippen MR) is 67.2 cm³/mol. The van der Waals surface area contributed by atoms with Crippen molar-refractivity contribution in [2.45, 2.75) is 44.5 Å². The number of piperidine rings is 1. The van der Waals surface area contributed by atoms with Gasteiger partial charge in [-0.25, -0.2) is 0 Å². The number of hydrogen-bond acceptors (Lipinski definition) is 3. The first-order valence-corrected chi connectivity index (χ1v) is 7.08. The largest absolute Gasteiger partial charge is 0.406 e. The molecule has 2 heterocycles. The molecule has 2 unspecified atom stereocenters. The van der Waals surface area contributed by atoms with Crippen LogP contribution in [0.4, 0.5) is 13.2 Å². The molecule has 1 N–H and O–H groups in total. The molecule has 2 aliphatic heterocycles. The SMILES string of the molecule is CC1CCOC1C(=O)N(CC(F)(F)F)C1CCNCC1. The number of carbonyl (C=O) groups excluding carboxylic acids is 1. The summed E-state index contributed by atoms with van der Waals surface area (Å²) in [6, 6.07) is -0.346. The Morgan fingerprint density at radius 1 is 1.30 bits per heavy atom. The Morgan fingerprint density at radius 3 is 2.45 bits per heavy atom. The molecule has 116 valence electrons. The van der Waals surface area contributed by atoms with E-state index in [1.807, 2.05) is 6.92 Å². The Balaban J connectivity index is 2.10. The number of ether oxygens (including phenoxy) is 1. The highest BCUT2D eigenvalue weighted by Gasteiger charge is 2.42. The number of alkyl halides is 3. The van der Waals surface area contributed by atoms with Crippen LogP contribution in [0.15, 0.2) is 0 Å². The maximum absolute atomic E-state index is 12.8. The Bertz CT molecular complexity index is 343. The summed E-state index contributed by atoms with van der Waals surface area (Å²) in [5, 5.41) is 3.10. The smallest absolute Gasteiger partial charge is 0.368 e. The third-order valence-corrected chi connectivity index (χ3v) is 4.01. The summed E-state index contributed by atoms with van der Waals surface area (Å²) in [5.41, 5.74) is 0. The van der Waals surface area contributed by atoms with E-state index in [9.17, 15) is 18.0 Å². The molecular weight excluding hydrogens is 273 g/mol. The van der Waals surface area contributed by atoms with E-state index in [1.54, 1.807) is 0 Å². The van der Waals surface area contributed by atoms with Gasteiger partial charge in [0.2, 0.25) is 0 Å². The van der Waals surface area contributed by atoms with Crippen LogP contribution >= 0.6 is 0 Å². The van der Waals surface area contributed by atoms with Gasteiger partial charge in [0.1, 0.15) is 12.6 Å². The molecule has 0 aromatic carbocycles. The number of nitrogens with zero attached hydrogens (tertiary/aromatic N) is 1. The zero-order chi connectivity index (χ0) is 14.8. The lowest BCUT2D eigenvalue weighted by Crippen LogP contribution is -2.53. The molecule has 0 spiro atoms. The van der Waals surface area contributed by atoms with Crippen molar-refractivity contribution in [3.63, 3.8) is 0 Å². The molecule has 0 aliphatic carbocycles. The van der Waals surface area contributed by atoms with Crippen LogP contribution in [0.1, 0.15) is 26.2 Å². The van der Waals surface area contributed by atoms with Crippen LogP contribution in [0, 0.1) is 5.92 Å². The van der Waals surface area contributed by atoms with Crippen molar-refractivity contribution in [3.05, 3.63) is 0 Å². The van der Waals surface area contributed by atoms with Gasteiger partial charge in [0.05, 0.1) is 0 Å². The van der Waals surface area contributed by atoms with Crippen LogP contribution in [0.5, 0.6) is 0 Å². The molecule has 0 bridgehead atoms. The third-order valence-electron chi connectivity index (χ3n) is 4.01. The second-order valence-electron chi connectivity index (χ2n) is 5.62. The number of amides is 1. The van der Waals surface area contributed by atoms with E-state index >= 15 is 0 Å². The van der Waals surface area contributed by atoms with E-state index in [0.717, 1.165) is 11.3 Å². The van der Waals surface area contributed by atoms with E-state index < -0.39 is 24.7 Å². The molecule has 0 radical (unpaired) electrons. The highest BCUT2D eigenvalue weighted by Crippen LogP contribution is 2.27. The van der Waals surface area contributed by atoms with Crippen molar-refractivity contribution >= 4 is 5.91 Å². The van der Waals surface area contributed by atoms with Gasteiger partial charge in [-0.3, -0.25) is 4.79 Å². The van der Waals surface area contributed by atoms with Crippen molar-refractivity contribution in [2.24, 2.45) is 5.92 Å². The van der Waals surface area contributed by atoms with Crippen molar-refractivity contribution in [1.29, 1.82) is 0 Å². The molecule has 2 atom stereocenters. The molecule has 4 nitrogen and oxygen atoms in total. The van der Waals surface area contributed by atoms with Gasteiger partial charge < -0.3 is 15.0 Å². The average Bonchev–Trinajstić information content (AvgIpc) is 2.81. The number of halogens is 3. The van der Waals surface area contributed by atoms with Gasteiger partial charge in [-0.1, -0.05) is 6.92 Å². The quantitative estimate of drug-likeness (QED) is 0.859. The zero-order valence-corrected chi connectivity index (χ0v) is 11.6. The molecule has 0 aromatic heterocycles. The molecule has 2 aliphatic rings. The first-order chi connectivity index (χ1) is 9.38. The fourth-order valence-corrected chi connectivity index (χ4v) is 2.87. The molecular formula is C13H21F3N2O2. The summed E-state index contributed by atoms with van der Waals surface area (Å²) in [4.78, 5) is 13.4. The summed E-state index contributed by atoms with van der Waals surface area (Å²) in [6.45, 7) is 2.41. The van der Waals surface area contributed by atoms with Crippen LogP contribution in [0.3, 0.4) is 0 Å². The van der Waals surface area contributed by atoms with E-state index in [2.05, 4.69) is 5.32 Å². The minimum atomic E-state index is -4.37. The van der Waals surface area contributed by atoms with Gasteiger partial charge in [-0.05, 0) is 38.3 Å². The number of hydrogen-bond donors (Lipinski definition) is 1. The molecule has 1 amide bonds. The first kappa shape index (κ1) is 15.6. The maximum atomic E-state index is 12.8. The van der Waals surface area contributed by atoms with Gasteiger partial charge in [0, 0.05) is 12.6 Å².